The van der Waals surface area contributed by atoms with Gasteiger partial charge < -0.3 is 10.1 Å². The van der Waals surface area contributed by atoms with Crippen molar-refractivity contribution in [3.05, 3.63) is 0 Å². The fourth-order valence-corrected chi connectivity index (χ4v) is 0.268. The van der Waals surface area contributed by atoms with E-state index in [0.717, 1.165) is 0 Å². The first-order chi connectivity index (χ1) is 3.81. The van der Waals surface area contributed by atoms with E-state index in [9.17, 15) is 0 Å². The summed E-state index contributed by atoms with van der Waals surface area (Å²) in [6.07, 6.45) is 4.90. The third kappa shape index (κ3) is 3.44. The monoisotopic (exact) mass is 129 g/mol. The molecule has 0 aromatic rings. The molecule has 0 unspecified atom stereocenters. The quantitative estimate of drug-likeness (QED) is 0.402. The van der Waals surface area contributed by atoms with Crippen molar-refractivity contribution in [1.29, 1.82) is 0 Å². The van der Waals surface area contributed by atoms with Crippen molar-refractivity contribution in [2.75, 3.05) is 13.7 Å². The summed E-state index contributed by atoms with van der Waals surface area (Å²) >= 11 is 4.59. The molecule has 0 saturated heterocycles. The predicted octanol–water partition coefficient (Wildman–Crippen LogP) is 0.141. The van der Waals surface area contributed by atoms with Gasteiger partial charge in [0.2, 0.25) is 0 Å². The van der Waals surface area contributed by atoms with Crippen LogP contribution in [0.15, 0.2) is 0 Å². The summed E-state index contributed by atoms with van der Waals surface area (Å²) in [5.41, 5.74) is 0. The topological polar surface area (TPSA) is 21.3 Å². The van der Waals surface area contributed by atoms with Crippen LogP contribution < -0.4 is 5.32 Å². The van der Waals surface area contributed by atoms with Gasteiger partial charge in [0, 0.05) is 0 Å². The van der Waals surface area contributed by atoms with Crippen LogP contribution in [0.25, 0.3) is 0 Å². The molecule has 0 aliphatic rings. The number of hydrogen-bond donors (Lipinski definition) is 1. The standard InChI is InChI=1S/C5H7NOS/c1-3-4-6-5(8)7-2/h1H,4H2,2H3,(H,6,8). The average molecular weight is 129 g/mol. The van der Waals surface area contributed by atoms with Crippen LogP contribution in [0.1, 0.15) is 0 Å². The van der Waals surface area contributed by atoms with Crippen LogP contribution in [0.4, 0.5) is 0 Å². The SMILES string of the molecule is C#CCNC(=S)OC. The molecule has 0 spiro atoms. The van der Waals surface area contributed by atoms with Crippen molar-refractivity contribution in [2.45, 2.75) is 0 Å². The maximum absolute atomic E-state index is 4.90. The van der Waals surface area contributed by atoms with Crippen LogP contribution in [0.3, 0.4) is 0 Å². The third-order valence-electron chi connectivity index (χ3n) is 0.520. The summed E-state index contributed by atoms with van der Waals surface area (Å²) in [6.45, 7) is 0.423. The van der Waals surface area contributed by atoms with E-state index in [-0.39, 0.29) is 0 Å². The molecule has 3 heteroatoms. The van der Waals surface area contributed by atoms with Gasteiger partial charge in [-0.1, -0.05) is 5.92 Å². The van der Waals surface area contributed by atoms with Crippen LogP contribution >= 0.6 is 12.2 Å². The fourth-order valence-electron chi connectivity index (χ4n) is 0.195. The lowest BCUT2D eigenvalue weighted by Gasteiger charge is -1.99. The zero-order valence-electron chi connectivity index (χ0n) is 4.60. The Labute approximate surface area is 54.2 Å². The Morgan fingerprint density at radius 2 is 2.62 bits per heavy atom. The minimum Gasteiger partial charge on any atom is -0.474 e. The minimum atomic E-state index is 0.336. The second-order valence-electron chi connectivity index (χ2n) is 1.05. The number of thiocarbonyl (C=S) groups is 1. The molecule has 0 aromatic carbocycles. The number of ether oxygens (including phenoxy) is 1. The molecule has 44 valence electrons. The van der Waals surface area contributed by atoms with Crippen LogP contribution in [0, 0.1) is 12.3 Å². The van der Waals surface area contributed by atoms with Gasteiger partial charge in [-0.05, 0) is 12.2 Å². The molecule has 0 radical (unpaired) electrons. The molecule has 0 heterocycles. The molecular formula is C5H7NOS. The van der Waals surface area contributed by atoms with Crippen LogP contribution in [0.5, 0.6) is 0 Å². The van der Waals surface area contributed by atoms with Crippen molar-refractivity contribution in [3.8, 4) is 12.3 Å². The average Bonchev–Trinajstić information content (AvgIpc) is 1.83. The van der Waals surface area contributed by atoms with E-state index < -0.39 is 0 Å². The predicted molar refractivity (Wildman–Crippen MR) is 36.4 cm³/mol. The summed E-state index contributed by atoms with van der Waals surface area (Å²) in [5.74, 6) is 2.35. The summed E-state index contributed by atoms with van der Waals surface area (Å²) in [5, 5.41) is 2.99. The summed E-state index contributed by atoms with van der Waals surface area (Å²) < 4.78 is 4.58. The van der Waals surface area contributed by atoms with Gasteiger partial charge in [-0.3, -0.25) is 0 Å². The molecule has 0 saturated carbocycles. The molecule has 0 bridgehead atoms. The van der Waals surface area contributed by atoms with Crippen molar-refractivity contribution >= 4 is 17.4 Å². The van der Waals surface area contributed by atoms with E-state index in [4.69, 9.17) is 6.42 Å². The van der Waals surface area contributed by atoms with E-state index >= 15 is 0 Å². The van der Waals surface area contributed by atoms with Gasteiger partial charge in [-0.2, -0.15) is 0 Å². The molecule has 0 atom stereocenters. The van der Waals surface area contributed by atoms with Gasteiger partial charge in [-0.25, -0.2) is 0 Å². The second kappa shape index (κ2) is 4.41. The normalized spacial score (nSPS) is 7.00. The van der Waals surface area contributed by atoms with Crippen molar-refractivity contribution in [3.63, 3.8) is 0 Å². The molecule has 8 heavy (non-hydrogen) atoms. The highest BCUT2D eigenvalue weighted by Gasteiger charge is 1.85. The fraction of sp³-hybridized carbons (Fsp3) is 0.400. The molecule has 0 amide bonds. The molecule has 2 nitrogen and oxygen atoms in total. The van der Waals surface area contributed by atoms with E-state index in [2.05, 4.69) is 28.2 Å². The number of nitrogens with one attached hydrogen (secondary N) is 1. The molecule has 0 aliphatic carbocycles. The van der Waals surface area contributed by atoms with Gasteiger partial charge in [0.25, 0.3) is 5.17 Å². The summed E-state index contributed by atoms with van der Waals surface area (Å²) in [6, 6.07) is 0. The molecule has 0 aliphatic heterocycles. The lowest BCUT2D eigenvalue weighted by Crippen LogP contribution is -2.22. The first kappa shape index (κ1) is 7.25. The first-order valence-electron chi connectivity index (χ1n) is 2.06. The van der Waals surface area contributed by atoms with Crippen molar-refractivity contribution in [1.82, 2.24) is 5.32 Å². The number of terminal acetylenes is 1. The van der Waals surface area contributed by atoms with E-state index in [1.807, 2.05) is 0 Å². The van der Waals surface area contributed by atoms with Gasteiger partial charge in [0.1, 0.15) is 0 Å². The van der Waals surface area contributed by atoms with Crippen LogP contribution in [0.2, 0.25) is 0 Å². The Morgan fingerprint density at radius 3 is 3.00 bits per heavy atom. The van der Waals surface area contributed by atoms with E-state index in [1.54, 1.807) is 0 Å². The highest BCUT2D eigenvalue weighted by molar-refractivity contribution is 7.80. The molecular weight excluding hydrogens is 122 g/mol. The van der Waals surface area contributed by atoms with Crippen LogP contribution in [-0.2, 0) is 4.74 Å². The number of rotatable bonds is 1. The molecule has 1 N–H and O–H groups in total. The Balaban J connectivity index is 3.15. The van der Waals surface area contributed by atoms with Gasteiger partial charge in [-0.15, -0.1) is 6.42 Å². The lowest BCUT2D eigenvalue weighted by atomic mass is 10.7. The number of hydrogen-bond acceptors (Lipinski definition) is 2. The molecule has 0 fully saturated rings. The zero-order valence-corrected chi connectivity index (χ0v) is 5.42. The van der Waals surface area contributed by atoms with E-state index in [1.165, 1.54) is 7.11 Å². The van der Waals surface area contributed by atoms with Gasteiger partial charge in [0.05, 0.1) is 13.7 Å². The molecule has 0 rings (SSSR count). The highest BCUT2D eigenvalue weighted by atomic mass is 32.1. The summed E-state index contributed by atoms with van der Waals surface area (Å²) in [4.78, 5) is 0. The van der Waals surface area contributed by atoms with Crippen LogP contribution in [-0.4, -0.2) is 18.8 Å². The molecule has 0 aromatic heterocycles. The Kier molecular flexibility index (Phi) is 4.00. The largest absolute Gasteiger partial charge is 0.474 e. The number of methoxy groups -OCH3 is 1. The first-order valence-corrected chi connectivity index (χ1v) is 2.47. The van der Waals surface area contributed by atoms with Gasteiger partial charge >= 0.3 is 0 Å². The van der Waals surface area contributed by atoms with E-state index in [0.29, 0.717) is 11.7 Å². The zero-order chi connectivity index (χ0) is 6.41. The maximum atomic E-state index is 4.90. The van der Waals surface area contributed by atoms with Crippen molar-refractivity contribution < 1.29 is 4.74 Å². The Hall–Kier alpha value is -0.750. The minimum absolute atomic E-state index is 0.336. The smallest absolute Gasteiger partial charge is 0.257 e. The second-order valence-corrected chi connectivity index (χ2v) is 1.42. The lowest BCUT2D eigenvalue weighted by molar-refractivity contribution is 0.396. The summed E-state index contributed by atoms with van der Waals surface area (Å²) in [7, 11) is 1.49. The maximum Gasteiger partial charge on any atom is 0.257 e. The highest BCUT2D eigenvalue weighted by Crippen LogP contribution is 1.68. The van der Waals surface area contributed by atoms with Gasteiger partial charge in [0.15, 0.2) is 0 Å². The third-order valence-corrected chi connectivity index (χ3v) is 0.831. The van der Waals surface area contributed by atoms with Crippen molar-refractivity contribution in [2.24, 2.45) is 0 Å². The Bertz CT molecular complexity index is 116. The Morgan fingerprint density at radius 1 is 2.00 bits per heavy atom.